The number of aromatic carboxylic acids is 1. The van der Waals surface area contributed by atoms with E-state index >= 15 is 0 Å². The molecule has 1 aromatic carbocycles. The fourth-order valence-corrected chi connectivity index (χ4v) is 5.26. The molecule has 8 heteroatoms. The Morgan fingerprint density at radius 3 is 2.37 bits per heavy atom. The van der Waals surface area contributed by atoms with E-state index < -0.39 is 5.97 Å². The number of carboxylic acids is 1. The van der Waals surface area contributed by atoms with Crippen LogP contribution in [0.25, 0.3) is 11.1 Å². The Labute approximate surface area is 244 Å². The quantitative estimate of drug-likeness (QED) is 0.212. The van der Waals surface area contributed by atoms with Crippen LogP contribution in [0.1, 0.15) is 103 Å². The topological polar surface area (TPSA) is 109 Å². The van der Waals surface area contributed by atoms with E-state index in [1.54, 1.807) is 18.7 Å². The zero-order chi connectivity index (χ0) is 29.8. The van der Waals surface area contributed by atoms with Gasteiger partial charge in [0.1, 0.15) is 11.3 Å². The first kappa shape index (κ1) is 32.0. The molecule has 0 aliphatic carbocycles. The van der Waals surface area contributed by atoms with Crippen molar-refractivity contribution in [3.63, 3.8) is 0 Å². The van der Waals surface area contributed by atoms with Crippen molar-refractivity contribution in [1.82, 2.24) is 15.5 Å². The normalized spacial score (nSPS) is 12.6. The fraction of sp³-hybridized carbons (Fsp3) is 0.515. The Hall–Kier alpha value is -3.52. The van der Waals surface area contributed by atoms with Gasteiger partial charge in [-0.25, -0.2) is 4.79 Å². The number of anilines is 1. The van der Waals surface area contributed by atoms with Crippen LogP contribution in [-0.2, 0) is 17.8 Å². The molecule has 0 fully saturated rings. The average Bonchev–Trinajstić information content (AvgIpc) is 3.30. The van der Waals surface area contributed by atoms with Gasteiger partial charge in [0.25, 0.3) is 0 Å². The van der Waals surface area contributed by atoms with Crippen molar-refractivity contribution in [3.05, 3.63) is 64.3 Å². The molecule has 0 atom stereocenters. The van der Waals surface area contributed by atoms with Crippen LogP contribution in [0, 0.1) is 20.8 Å². The Kier molecular flexibility index (Phi) is 12.5. The SMILES string of the molecule is CCCCCCCCCCNCc1cncc(-c2ccc3c(c2)CCC(=O)N3C)c1C.Cc1noc(C)c1C(=O)O. The van der Waals surface area contributed by atoms with Gasteiger partial charge in [-0.15, -0.1) is 0 Å². The van der Waals surface area contributed by atoms with Crippen LogP contribution in [0.2, 0.25) is 0 Å². The van der Waals surface area contributed by atoms with Gasteiger partial charge in [-0.3, -0.25) is 9.78 Å². The van der Waals surface area contributed by atoms with E-state index in [1.165, 1.54) is 79.2 Å². The van der Waals surface area contributed by atoms with Crippen LogP contribution >= 0.6 is 0 Å². The molecule has 0 saturated heterocycles. The molecule has 0 unspecified atom stereocenters. The fourth-order valence-electron chi connectivity index (χ4n) is 5.26. The zero-order valence-electron chi connectivity index (χ0n) is 25.4. The highest BCUT2D eigenvalue weighted by molar-refractivity contribution is 5.96. The minimum Gasteiger partial charge on any atom is -0.477 e. The number of hydrogen-bond donors (Lipinski definition) is 2. The molecule has 8 nitrogen and oxygen atoms in total. The lowest BCUT2D eigenvalue weighted by Crippen LogP contribution is -2.30. The molecular formula is C33H46N4O4. The first-order valence-corrected chi connectivity index (χ1v) is 14.9. The third kappa shape index (κ3) is 8.98. The van der Waals surface area contributed by atoms with Gasteiger partial charge in [-0.1, -0.05) is 63.1 Å². The van der Waals surface area contributed by atoms with Gasteiger partial charge in [0.15, 0.2) is 0 Å². The lowest BCUT2D eigenvalue weighted by atomic mass is 9.94. The number of carboxylic acid groups (broad SMARTS) is 1. The van der Waals surface area contributed by atoms with Crippen molar-refractivity contribution in [2.75, 3.05) is 18.5 Å². The highest BCUT2D eigenvalue weighted by Gasteiger charge is 2.21. The molecule has 0 radical (unpaired) electrons. The Balaban J connectivity index is 0.000000389. The van der Waals surface area contributed by atoms with Gasteiger partial charge in [-0.2, -0.15) is 0 Å². The number of rotatable bonds is 13. The summed E-state index contributed by atoms with van der Waals surface area (Å²) in [5.41, 5.74) is 7.81. The van der Waals surface area contributed by atoms with E-state index in [-0.39, 0.29) is 11.5 Å². The first-order chi connectivity index (χ1) is 19.7. The number of hydrogen-bond acceptors (Lipinski definition) is 6. The molecule has 222 valence electrons. The molecule has 0 saturated carbocycles. The molecule has 4 rings (SSSR count). The van der Waals surface area contributed by atoms with Gasteiger partial charge in [0, 0.05) is 43.7 Å². The molecule has 1 amide bonds. The number of amides is 1. The molecule has 1 aliphatic heterocycles. The number of carbonyl (C=O) groups is 2. The summed E-state index contributed by atoms with van der Waals surface area (Å²) >= 11 is 0. The summed E-state index contributed by atoms with van der Waals surface area (Å²) in [5, 5.41) is 15.6. The van der Waals surface area contributed by atoms with Crippen molar-refractivity contribution < 1.29 is 19.2 Å². The first-order valence-electron chi connectivity index (χ1n) is 14.9. The number of carbonyl (C=O) groups excluding carboxylic acids is 1. The highest BCUT2D eigenvalue weighted by Crippen LogP contribution is 2.33. The van der Waals surface area contributed by atoms with Gasteiger partial charge < -0.3 is 19.8 Å². The standard InChI is InChI=1S/C27H39N3O.C6H7NO3/c1-4-5-6-7-8-9-10-11-16-28-18-24-19-29-20-25(21(24)2)22-12-14-26-23(17-22)13-15-27(31)30(26)3;1-3-5(6(8)9)4(2)10-7-3/h12,14,17,19-20,28H,4-11,13,15-16,18H2,1-3H3;1-2H3,(H,8,9). The van der Waals surface area contributed by atoms with Crippen molar-refractivity contribution in [2.24, 2.45) is 0 Å². The van der Waals surface area contributed by atoms with Crippen LogP contribution in [0.15, 0.2) is 35.1 Å². The molecule has 3 aromatic rings. The number of nitrogens with zero attached hydrogens (tertiary/aromatic N) is 3. The van der Waals surface area contributed by atoms with Crippen LogP contribution in [0.3, 0.4) is 0 Å². The summed E-state index contributed by atoms with van der Waals surface area (Å²) in [6.45, 7) is 9.57. The Bertz CT molecular complexity index is 1280. The van der Waals surface area contributed by atoms with Gasteiger partial charge >= 0.3 is 5.97 Å². The van der Waals surface area contributed by atoms with E-state index in [1.807, 2.05) is 19.4 Å². The van der Waals surface area contributed by atoms with Gasteiger partial charge in [-0.05, 0) is 74.5 Å². The third-order valence-electron chi connectivity index (χ3n) is 7.82. The van der Waals surface area contributed by atoms with Crippen LogP contribution in [0.4, 0.5) is 5.69 Å². The monoisotopic (exact) mass is 562 g/mol. The second-order valence-corrected chi connectivity index (χ2v) is 10.9. The maximum atomic E-state index is 12.0. The van der Waals surface area contributed by atoms with Crippen molar-refractivity contribution >= 4 is 17.6 Å². The van der Waals surface area contributed by atoms with E-state index in [0.717, 1.165) is 25.2 Å². The molecular weight excluding hydrogens is 516 g/mol. The molecule has 3 heterocycles. The van der Waals surface area contributed by atoms with Gasteiger partial charge in [0.05, 0.1) is 5.69 Å². The summed E-state index contributed by atoms with van der Waals surface area (Å²) in [6, 6.07) is 6.43. The lowest BCUT2D eigenvalue weighted by Gasteiger charge is -2.26. The molecule has 2 N–H and O–H groups in total. The lowest BCUT2D eigenvalue weighted by molar-refractivity contribution is -0.118. The number of fused-ring (bicyclic) bond motifs is 1. The van der Waals surface area contributed by atoms with E-state index in [0.29, 0.717) is 17.9 Å². The van der Waals surface area contributed by atoms with E-state index in [2.05, 4.69) is 52.0 Å². The summed E-state index contributed by atoms with van der Waals surface area (Å²) < 4.78 is 4.63. The van der Waals surface area contributed by atoms with Crippen LogP contribution < -0.4 is 10.2 Å². The third-order valence-corrected chi connectivity index (χ3v) is 7.82. The second kappa shape index (κ2) is 16.1. The van der Waals surface area contributed by atoms with E-state index in [4.69, 9.17) is 5.11 Å². The minimum atomic E-state index is -0.990. The molecule has 41 heavy (non-hydrogen) atoms. The molecule has 1 aliphatic rings. The number of aryl methyl sites for hydroxylation is 3. The second-order valence-electron chi connectivity index (χ2n) is 10.9. The predicted octanol–water partition coefficient (Wildman–Crippen LogP) is 7.19. The van der Waals surface area contributed by atoms with Crippen LogP contribution in [-0.4, -0.2) is 40.7 Å². The summed E-state index contributed by atoms with van der Waals surface area (Å²) in [5.74, 6) is -0.441. The number of aromatic nitrogens is 2. The minimum absolute atomic E-state index is 0.167. The largest absolute Gasteiger partial charge is 0.477 e. The zero-order valence-corrected chi connectivity index (χ0v) is 25.4. The number of nitrogens with one attached hydrogen (secondary N) is 1. The highest BCUT2D eigenvalue weighted by atomic mass is 16.5. The summed E-state index contributed by atoms with van der Waals surface area (Å²) in [6.07, 6.45) is 16.2. The van der Waals surface area contributed by atoms with Crippen molar-refractivity contribution in [2.45, 2.75) is 98.4 Å². The van der Waals surface area contributed by atoms with Crippen molar-refractivity contribution in [3.8, 4) is 11.1 Å². The Morgan fingerprint density at radius 2 is 1.73 bits per heavy atom. The van der Waals surface area contributed by atoms with E-state index in [9.17, 15) is 9.59 Å². The summed E-state index contributed by atoms with van der Waals surface area (Å²) in [7, 11) is 1.87. The number of pyridine rings is 1. The maximum Gasteiger partial charge on any atom is 0.341 e. The number of unbranched alkanes of at least 4 members (excludes halogenated alkanes) is 7. The molecule has 0 bridgehead atoms. The smallest absolute Gasteiger partial charge is 0.341 e. The summed E-state index contributed by atoms with van der Waals surface area (Å²) in [4.78, 5) is 28.7. The van der Waals surface area contributed by atoms with Crippen molar-refractivity contribution in [1.29, 1.82) is 0 Å². The predicted molar refractivity (Wildman–Crippen MR) is 163 cm³/mol. The van der Waals surface area contributed by atoms with Gasteiger partial charge in [0.2, 0.25) is 5.91 Å². The molecule has 0 spiro atoms. The average molecular weight is 563 g/mol. The Morgan fingerprint density at radius 1 is 1.02 bits per heavy atom. The number of benzene rings is 1. The van der Waals surface area contributed by atoms with Crippen LogP contribution in [0.5, 0.6) is 0 Å². The maximum absolute atomic E-state index is 12.0. The molecule has 2 aromatic heterocycles.